The van der Waals surface area contributed by atoms with Crippen LogP contribution in [0.1, 0.15) is 13.8 Å². The highest BCUT2D eigenvalue weighted by molar-refractivity contribution is 6.37. The van der Waals surface area contributed by atoms with Gasteiger partial charge in [0.25, 0.3) is 0 Å². The first-order valence-corrected chi connectivity index (χ1v) is 5.48. The van der Waals surface area contributed by atoms with E-state index >= 15 is 0 Å². The van der Waals surface area contributed by atoms with E-state index in [4.69, 9.17) is 23.2 Å². The van der Waals surface area contributed by atoms with Crippen LogP contribution in [0.5, 0.6) is 0 Å². The minimum atomic E-state index is -1.15. The van der Waals surface area contributed by atoms with Crippen LogP contribution < -0.4 is 0 Å². The van der Waals surface area contributed by atoms with Gasteiger partial charge in [-0.25, -0.2) is 4.79 Å². The van der Waals surface area contributed by atoms with Gasteiger partial charge in [0.15, 0.2) is 5.38 Å². The standard InChI is InChI=1S/C5H7ClO3.C4H7ClO2/c1-2-9-5(8)4(6)3-7;1-2-7-4(6)3-5/h3-4H,2H2,1H3;2-3H2,1H3. The summed E-state index contributed by atoms with van der Waals surface area (Å²) in [5.41, 5.74) is 0. The third-order valence-corrected chi connectivity index (χ3v) is 1.54. The second-order valence-electron chi connectivity index (χ2n) is 2.23. The maximum absolute atomic E-state index is 10.4. The lowest BCUT2D eigenvalue weighted by atomic mass is 10.5. The van der Waals surface area contributed by atoms with Crippen LogP contribution in [0.2, 0.25) is 0 Å². The first-order valence-electron chi connectivity index (χ1n) is 4.50. The molecule has 5 nitrogen and oxygen atoms in total. The van der Waals surface area contributed by atoms with Crippen LogP contribution in [0.3, 0.4) is 0 Å². The lowest BCUT2D eigenvalue weighted by Gasteiger charge is -1.99. The molecule has 0 radical (unpaired) electrons. The third kappa shape index (κ3) is 11.3. The molecule has 0 aliphatic carbocycles. The number of carbonyl (C=O) groups excluding carboxylic acids is 3. The lowest BCUT2D eigenvalue weighted by Crippen LogP contribution is -2.18. The second-order valence-corrected chi connectivity index (χ2v) is 2.97. The Morgan fingerprint density at radius 1 is 1.25 bits per heavy atom. The number of ether oxygens (including phenoxy) is 2. The monoisotopic (exact) mass is 272 g/mol. The zero-order valence-electron chi connectivity index (χ0n) is 9.07. The Labute approximate surface area is 104 Å². The largest absolute Gasteiger partial charge is 0.465 e. The Morgan fingerprint density at radius 2 is 1.75 bits per heavy atom. The van der Waals surface area contributed by atoms with Crippen LogP contribution in [0, 0.1) is 0 Å². The minimum absolute atomic E-state index is 0.0478. The smallest absolute Gasteiger partial charge is 0.331 e. The van der Waals surface area contributed by atoms with E-state index in [0.717, 1.165) is 0 Å². The molecule has 0 fully saturated rings. The van der Waals surface area contributed by atoms with Gasteiger partial charge in [0.1, 0.15) is 12.2 Å². The molecule has 0 heterocycles. The van der Waals surface area contributed by atoms with Crippen LogP contribution in [-0.2, 0) is 23.9 Å². The predicted octanol–water partition coefficient (Wildman–Crippen LogP) is 1.14. The highest BCUT2D eigenvalue weighted by Gasteiger charge is 2.13. The van der Waals surface area contributed by atoms with E-state index in [1.54, 1.807) is 13.8 Å². The molecule has 7 heteroatoms. The molecule has 1 atom stereocenters. The lowest BCUT2D eigenvalue weighted by molar-refractivity contribution is -0.143. The number of rotatable bonds is 5. The molecular formula is C9H14Cl2O5. The molecule has 1 unspecified atom stereocenters. The molecule has 0 bridgehead atoms. The van der Waals surface area contributed by atoms with Gasteiger partial charge in [0, 0.05) is 0 Å². The van der Waals surface area contributed by atoms with Gasteiger partial charge in [-0.3, -0.25) is 4.79 Å². The Kier molecular flexibility index (Phi) is 13.5. The van der Waals surface area contributed by atoms with Crippen LogP contribution in [-0.4, -0.2) is 42.7 Å². The normalized spacial score (nSPS) is 10.5. The van der Waals surface area contributed by atoms with Gasteiger partial charge < -0.3 is 14.3 Å². The molecule has 0 aliphatic rings. The predicted molar refractivity (Wildman–Crippen MR) is 59.7 cm³/mol. The Hall–Kier alpha value is -0.810. The highest BCUT2D eigenvalue weighted by Crippen LogP contribution is 1.93. The van der Waals surface area contributed by atoms with Gasteiger partial charge in [-0.15, -0.1) is 23.2 Å². The number of carbonyl (C=O) groups is 3. The summed E-state index contributed by atoms with van der Waals surface area (Å²) in [6, 6.07) is 0. The summed E-state index contributed by atoms with van der Waals surface area (Å²) in [7, 11) is 0. The SMILES string of the molecule is CCOC(=O)C(Cl)C=O.CCOC(=O)CCl. The molecule has 0 aromatic heterocycles. The van der Waals surface area contributed by atoms with Gasteiger partial charge in [-0.2, -0.15) is 0 Å². The maximum Gasteiger partial charge on any atom is 0.331 e. The molecule has 0 saturated carbocycles. The Bertz CT molecular complexity index is 220. The van der Waals surface area contributed by atoms with Crippen molar-refractivity contribution in [3.05, 3.63) is 0 Å². The molecule has 0 aromatic carbocycles. The van der Waals surface area contributed by atoms with E-state index in [1.807, 2.05) is 0 Å². The van der Waals surface area contributed by atoms with E-state index in [1.165, 1.54) is 0 Å². The topological polar surface area (TPSA) is 69.7 Å². The van der Waals surface area contributed by atoms with Gasteiger partial charge in [-0.1, -0.05) is 0 Å². The number of aldehydes is 1. The van der Waals surface area contributed by atoms with Crippen LogP contribution in [0.25, 0.3) is 0 Å². The van der Waals surface area contributed by atoms with Crippen LogP contribution in [0.15, 0.2) is 0 Å². The van der Waals surface area contributed by atoms with E-state index in [9.17, 15) is 14.4 Å². The Balaban J connectivity index is 0. The van der Waals surface area contributed by atoms with Crippen LogP contribution >= 0.6 is 23.2 Å². The van der Waals surface area contributed by atoms with Gasteiger partial charge in [0.05, 0.1) is 13.2 Å². The van der Waals surface area contributed by atoms with Crippen molar-refractivity contribution >= 4 is 41.4 Å². The average Bonchev–Trinajstić information content (AvgIpc) is 2.29. The van der Waals surface area contributed by atoms with Crippen molar-refractivity contribution in [1.29, 1.82) is 0 Å². The third-order valence-electron chi connectivity index (χ3n) is 1.05. The van der Waals surface area contributed by atoms with Crippen molar-refractivity contribution in [3.8, 4) is 0 Å². The summed E-state index contributed by atoms with van der Waals surface area (Å²) in [6.45, 7) is 4.04. The van der Waals surface area contributed by atoms with Crippen molar-refractivity contribution < 1.29 is 23.9 Å². The van der Waals surface area contributed by atoms with Crippen molar-refractivity contribution in [3.63, 3.8) is 0 Å². The number of halogens is 2. The molecule has 0 rings (SSSR count). The van der Waals surface area contributed by atoms with E-state index < -0.39 is 11.3 Å². The first-order chi connectivity index (χ1) is 7.53. The highest BCUT2D eigenvalue weighted by atomic mass is 35.5. The fourth-order valence-corrected chi connectivity index (χ4v) is 0.617. The fourth-order valence-electron chi connectivity index (χ4n) is 0.477. The van der Waals surface area contributed by atoms with Crippen molar-refractivity contribution in [2.75, 3.05) is 19.1 Å². The molecular weight excluding hydrogens is 259 g/mol. The summed E-state index contributed by atoms with van der Waals surface area (Å²) < 4.78 is 8.81. The average molecular weight is 273 g/mol. The Morgan fingerprint density at radius 3 is 2.00 bits per heavy atom. The molecule has 16 heavy (non-hydrogen) atoms. The number of hydrogen-bond donors (Lipinski definition) is 0. The summed E-state index contributed by atoms with van der Waals surface area (Å²) in [5, 5.41) is -1.15. The van der Waals surface area contributed by atoms with Crippen molar-refractivity contribution in [1.82, 2.24) is 0 Å². The molecule has 0 aliphatic heterocycles. The molecule has 0 aromatic rings. The minimum Gasteiger partial charge on any atom is -0.465 e. The molecule has 0 N–H and O–H groups in total. The second kappa shape index (κ2) is 12.3. The zero-order chi connectivity index (χ0) is 13.0. The number of alkyl halides is 2. The van der Waals surface area contributed by atoms with E-state index in [0.29, 0.717) is 12.9 Å². The summed E-state index contributed by atoms with van der Waals surface area (Å²) in [6.07, 6.45) is 0.333. The molecule has 0 amide bonds. The molecule has 0 saturated heterocycles. The first kappa shape index (κ1) is 17.6. The van der Waals surface area contributed by atoms with E-state index in [2.05, 4.69) is 9.47 Å². The summed E-state index contributed by atoms with van der Waals surface area (Å²) in [4.78, 5) is 30.2. The van der Waals surface area contributed by atoms with Gasteiger partial charge in [-0.05, 0) is 13.8 Å². The van der Waals surface area contributed by atoms with Gasteiger partial charge >= 0.3 is 11.9 Å². The van der Waals surface area contributed by atoms with E-state index in [-0.39, 0.29) is 18.5 Å². The number of esters is 2. The maximum atomic E-state index is 10.4. The van der Waals surface area contributed by atoms with Crippen molar-refractivity contribution in [2.24, 2.45) is 0 Å². The van der Waals surface area contributed by atoms with Crippen LogP contribution in [0.4, 0.5) is 0 Å². The molecule has 94 valence electrons. The summed E-state index contributed by atoms with van der Waals surface area (Å²) in [5.74, 6) is -1.09. The zero-order valence-corrected chi connectivity index (χ0v) is 10.6. The molecule has 0 spiro atoms. The number of hydrogen-bond acceptors (Lipinski definition) is 5. The van der Waals surface area contributed by atoms with Crippen molar-refractivity contribution in [2.45, 2.75) is 19.2 Å². The quantitative estimate of drug-likeness (QED) is 0.325. The summed E-state index contributed by atoms with van der Waals surface area (Å²) >= 11 is 10.2. The van der Waals surface area contributed by atoms with Gasteiger partial charge in [0.2, 0.25) is 0 Å². The fraction of sp³-hybridized carbons (Fsp3) is 0.667.